The van der Waals surface area contributed by atoms with Crippen molar-refractivity contribution in [3.8, 4) is 0 Å². The molecule has 6 nitrogen and oxygen atoms in total. The van der Waals surface area contributed by atoms with Crippen LogP contribution in [0.5, 0.6) is 0 Å². The van der Waals surface area contributed by atoms with E-state index in [2.05, 4.69) is 20.4 Å². The van der Waals surface area contributed by atoms with Crippen molar-refractivity contribution < 1.29 is 18.0 Å². The molecule has 122 valence electrons. The molecule has 1 saturated carbocycles. The minimum atomic E-state index is -4.66. The van der Waals surface area contributed by atoms with Crippen molar-refractivity contribution in [3.05, 3.63) is 34.9 Å². The summed E-state index contributed by atoms with van der Waals surface area (Å²) in [5.41, 5.74) is -0.909. The van der Waals surface area contributed by atoms with Crippen LogP contribution in [0.25, 0.3) is 0 Å². The summed E-state index contributed by atoms with van der Waals surface area (Å²) < 4.78 is 39.8. The SMILES string of the molecule is O=C(Cn1nc(C(F)(F)F)c(Cl)c1C1CC1)Nc1ncccn1. The number of carbonyl (C=O) groups excluding carboxylic acids is 1. The van der Waals surface area contributed by atoms with Gasteiger partial charge in [0, 0.05) is 18.3 Å². The number of hydrogen-bond donors (Lipinski definition) is 1. The van der Waals surface area contributed by atoms with Crippen LogP contribution in [0.4, 0.5) is 19.1 Å². The number of amides is 1. The van der Waals surface area contributed by atoms with Crippen LogP contribution in [0.3, 0.4) is 0 Å². The number of anilines is 1. The topological polar surface area (TPSA) is 72.7 Å². The normalized spacial score (nSPS) is 14.8. The Bertz CT molecular complexity index is 727. The maximum absolute atomic E-state index is 12.9. The standard InChI is InChI=1S/C13H11ClF3N5O/c14-9-10(7-2-3-7)22(21-11(9)13(15,16)17)6-8(23)20-12-18-4-1-5-19-12/h1,4-5,7H,2-3,6H2,(H,18,19,20,23). The Hall–Kier alpha value is -2.16. The smallest absolute Gasteiger partial charge is 0.293 e. The van der Waals surface area contributed by atoms with Gasteiger partial charge in [0.25, 0.3) is 0 Å². The monoisotopic (exact) mass is 345 g/mol. The van der Waals surface area contributed by atoms with Crippen LogP contribution in [0.1, 0.15) is 30.1 Å². The molecule has 0 aliphatic heterocycles. The van der Waals surface area contributed by atoms with E-state index in [1.807, 2.05) is 0 Å². The van der Waals surface area contributed by atoms with Crippen LogP contribution < -0.4 is 5.32 Å². The van der Waals surface area contributed by atoms with E-state index < -0.39 is 22.8 Å². The predicted molar refractivity (Wildman–Crippen MR) is 74.9 cm³/mol. The van der Waals surface area contributed by atoms with Crippen LogP contribution >= 0.6 is 11.6 Å². The first-order valence-electron chi connectivity index (χ1n) is 6.76. The van der Waals surface area contributed by atoms with Crippen LogP contribution in [0, 0.1) is 0 Å². The molecule has 0 atom stereocenters. The Morgan fingerprint density at radius 3 is 2.57 bits per heavy atom. The van der Waals surface area contributed by atoms with Crippen molar-refractivity contribution >= 4 is 23.5 Å². The number of nitrogens with one attached hydrogen (secondary N) is 1. The van der Waals surface area contributed by atoms with Gasteiger partial charge in [0.15, 0.2) is 5.69 Å². The van der Waals surface area contributed by atoms with Gasteiger partial charge in [0.2, 0.25) is 11.9 Å². The number of carbonyl (C=O) groups is 1. The highest BCUT2D eigenvalue weighted by molar-refractivity contribution is 6.32. The molecule has 1 amide bonds. The second-order valence-corrected chi connectivity index (χ2v) is 5.48. The largest absolute Gasteiger partial charge is 0.436 e. The molecule has 0 bridgehead atoms. The Morgan fingerprint density at radius 1 is 1.35 bits per heavy atom. The van der Waals surface area contributed by atoms with Crippen molar-refractivity contribution in [2.75, 3.05) is 5.32 Å². The van der Waals surface area contributed by atoms with E-state index in [9.17, 15) is 18.0 Å². The van der Waals surface area contributed by atoms with Crippen LogP contribution in [-0.4, -0.2) is 25.7 Å². The fourth-order valence-corrected chi connectivity index (χ4v) is 2.56. The number of hydrogen-bond acceptors (Lipinski definition) is 4. The van der Waals surface area contributed by atoms with Gasteiger partial charge in [-0.3, -0.25) is 14.8 Å². The Labute approximate surface area is 133 Å². The summed E-state index contributed by atoms with van der Waals surface area (Å²) in [5, 5.41) is 5.45. The van der Waals surface area contributed by atoms with Gasteiger partial charge in [-0.05, 0) is 18.9 Å². The molecule has 0 aromatic carbocycles. The Balaban J connectivity index is 1.83. The van der Waals surface area contributed by atoms with Gasteiger partial charge in [-0.25, -0.2) is 9.97 Å². The first-order chi connectivity index (χ1) is 10.9. The molecule has 1 aliphatic carbocycles. The zero-order valence-corrected chi connectivity index (χ0v) is 12.4. The van der Waals surface area contributed by atoms with Gasteiger partial charge in [-0.15, -0.1) is 0 Å². The van der Waals surface area contributed by atoms with Crippen LogP contribution in [0.15, 0.2) is 18.5 Å². The molecule has 1 fully saturated rings. The fourth-order valence-electron chi connectivity index (χ4n) is 2.17. The maximum Gasteiger partial charge on any atom is 0.436 e. The van der Waals surface area contributed by atoms with E-state index in [-0.39, 0.29) is 24.1 Å². The van der Waals surface area contributed by atoms with Gasteiger partial charge in [0.1, 0.15) is 6.54 Å². The third-order valence-electron chi connectivity index (χ3n) is 3.27. The van der Waals surface area contributed by atoms with Crippen molar-refractivity contribution in [3.63, 3.8) is 0 Å². The summed E-state index contributed by atoms with van der Waals surface area (Å²) in [6.45, 7) is -0.389. The van der Waals surface area contributed by atoms with Crippen molar-refractivity contribution in [2.45, 2.75) is 31.5 Å². The number of halogens is 4. The fraction of sp³-hybridized carbons (Fsp3) is 0.385. The summed E-state index contributed by atoms with van der Waals surface area (Å²) in [6, 6.07) is 1.57. The zero-order valence-electron chi connectivity index (χ0n) is 11.6. The lowest BCUT2D eigenvalue weighted by atomic mass is 10.2. The van der Waals surface area contributed by atoms with Gasteiger partial charge in [-0.1, -0.05) is 11.6 Å². The average molecular weight is 346 g/mol. The minimum Gasteiger partial charge on any atom is -0.293 e. The molecule has 0 saturated heterocycles. The molecule has 23 heavy (non-hydrogen) atoms. The highest BCUT2D eigenvalue weighted by Gasteiger charge is 2.42. The maximum atomic E-state index is 12.9. The molecule has 1 aliphatic rings. The zero-order chi connectivity index (χ0) is 16.6. The summed E-state index contributed by atoms with van der Waals surface area (Å²) in [5.74, 6) is -0.599. The van der Waals surface area contributed by atoms with Crippen molar-refractivity contribution in [2.24, 2.45) is 0 Å². The molecule has 0 radical (unpaired) electrons. The van der Waals surface area contributed by atoms with E-state index in [1.54, 1.807) is 6.07 Å². The second-order valence-electron chi connectivity index (χ2n) is 5.10. The van der Waals surface area contributed by atoms with Gasteiger partial charge < -0.3 is 0 Å². The van der Waals surface area contributed by atoms with E-state index >= 15 is 0 Å². The molecule has 3 rings (SSSR count). The molecular weight excluding hydrogens is 335 g/mol. The van der Waals surface area contributed by atoms with Gasteiger partial charge in [-0.2, -0.15) is 18.3 Å². The lowest BCUT2D eigenvalue weighted by Gasteiger charge is -2.07. The lowest BCUT2D eigenvalue weighted by Crippen LogP contribution is -2.22. The first kappa shape index (κ1) is 15.7. The van der Waals surface area contributed by atoms with E-state index in [1.165, 1.54) is 12.4 Å². The van der Waals surface area contributed by atoms with Gasteiger partial charge >= 0.3 is 6.18 Å². The molecule has 2 aromatic heterocycles. The number of alkyl halides is 3. The third-order valence-corrected chi connectivity index (χ3v) is 3.65. The number of aromatic nitrogens is 4. The first-order valence-corrected chi connectivity index (χ1v) is 7.14. The van der Waals surface area contributed by atoms with E-state index in [0.717, 1.165) is 17.5 Å². The Kier molecular flexibility index (Phi) is 3.97. The Morgan fingerprint density at radius 2 is 2.00 bits per heavy atom. The van der Waals surface area contributed by atoms with Crippen molar-refractivity contribution in [1.29, 1.82) is 0 Å². The molecule has 2 aromatic rings. The van der Waals surface area contributed by atoms with Crippen LogP contribution in [-0.2, 0) is 17.5 Å². The number of rotatable bonds is 4. The summed E-state index contributed by atoms with van der Waals surface area (Å²) >= 11 is 5.83. The van der Waals surface area contributed by atoms with E-state index in [0.29, 0.717) is 0 Å². The molecule has 0 unspecified atom stereocenters. The predicted octanol–water partition coefficient (Wildman–Crippen LogP) is 2.86. The minimum absolute atomic E-state index is 0.0692. The highest BCUT2D eigenvalue weighted by Crippen LogP contribution is 2.46. The highest BCUT2D eigenvalue weighted by atomic mass is 35.5. The second kappa shape index (κ2) is 5.80. The summed E-state index contributed by atoms with van der Waals surface area (Å²) in [7, 11) is 0. The van der Waals surface area contributed by atoms with Crippen molar-refractivity contribution in [1.82, 2.24) is 19.7 Å². The summed E-state index contributed by atoms with van der Waals surface area (Å²) in [6.07, 6.45) is -0.335. The lowest BCUT2D eigenvalue weighted by molar-refractivity contribution is -0.141. The summed E-state index contributed by atoms with van der Waals surface area (Å²) in [4.78, 5) is 19.6. The van der Waals surface area contributed by atoms with Crippen LogP contribution in [0.2, 0.25) is 5.02 Å². The molecule has 0 spiro atoms. The molecule has 2 heterocycles. The third kappa shape index (κ3) is 3.44. The molecular formula is C13H11ClF3N5O. The number of nitrogens with zero attached hydrogens (tertiary/aromatic N) is 4. The quantitative estimate of drug-likeness (QED) is 0.924. The molecule has 10 heteroatoms. The molecule has 1 N–H and O–H groups in total. The average Bonchev–Trinajstić information content (AvgIpc) is 3.24. The van der Waals surface area contributed by atoms with Gasteiger partial charge in [0.05, 0.1) is 10.7 Å². The van der Waals surface area contributed by atoms with E-state index in [4.69, 9.17) is 11.6 Å².